The number of aromatic carboxylic acids is 1. The number of nitrogens with zero attached hydrogens (tertiary/aromatic N) is 2. The minimum atomic E-state index is -0.944. The highest BCUT2D eigenvalue weighted by atomic mass is 32.1. The lowest BCUT2D eigenvalue weighted by Crippen LogP contribution is -1.99. The van der Waals surface area contributed by atoms with Crippen LogP contribution >= 0.6 is 11.3 Å². The molecule has 0 aliphatic rings. The molecule has 0 bridgehead atoms. The standard InChI is InChI=1S/C10H8N2O3S/c1-6-4-7(2-3-8(6)9(13)14)15-10-12-11-5-16-10/h2-5H,1H3,(H,13,14). The van der Waals surface area contributed by atoms with Crippen LogP contribution in [0.25, 0.3) is 0 Å². The molecule has 0 amide bonds. The van der Waals surface area contributed by atoms with E-state index < -0.39 is 5.97 Å². The zero-order valence-corrected chi connectivity index (χ0v) is 9.19. The Morgan fingerprint density at radius 3 is 2.88 bits per heavy atom. The molecule has 0 fully saturated rings. The summed E-state index contributed by atoms with van der Waals surface area (Å²) in [4.78, 5) is 10.8. The van der Waals surface area contributed by atoms with Crippen molar-refractivity contribution in [1.82, 2.24) is 10.2 Å². The van der Waals surface area contributed by atoms with Crippen molar-refractivity contribution >= 4 is 17.3 Å². The normalized spacial score (nSPS) is 10.1. The van der Waals surface area contributed by atoms with Crippen LogP contribution in [-0.2, 0) is 0 Å². The quantitative estimate of drug-likeness (QED) is 0.885. The monoisotopic (exact) mass is 236 g/mol. The van der Waals surface area contributed by atoms with E-state index in [1.165, 1.54) is 17.4 Å². The number of rotatable bonds is 3. The van der Waals surface area contributed by atoms with Crippen LogP contribution in [0.4, 0.5) is 0 Å². The van der Waals surface area contributed by atoms with Gasteiger partial charge in [-0.3, -0.25) is 0 Å². The average molecular weight is 236 g/mol. The Bertz CT molecular complexity index is 511. The minimum Gasteiger partial charge on any atom is -0.478 e. The van der Waals surface area contributed by atoms with Crippen LogP contribution < -0.4 is 4.74 Å². The van der Waals surface area contributed by atoms with Gasteiger partial charge in [-0.15, -0.1) is 5.10 Å². The van der Waals surface area contributed by atoms with Gasteiger partial charge in [-0.05, 0) is 30.7 Å². The Hall–Kier alpha value is -1.95. The van der Waals surface area contributed by atoms with Gasteiger partial charge in [0.25, 0.3) is 5.19 Å². The minimum absolute atomic E-state index is 0.268. The van der Waals surface area contributed by atoms with Crippen LogP contribution in [0.2, 0.25) is 0 Å². The number of aryl methyl sites for hydroxylation is 1. The number of benzene rings is 1. The number of aromatic nitrogens is 2. The van der Waals surface area contributed by atoms with Gasteiger partial charge in [-0.2, -0.15) is 0 Å². The first-order valence-electron chi connectivity index (χ1n) is 4.45. The molecule has 0 spiro atoms. The van der Waals surface area contributed by atoms with E-state index in [0.717, 1.165) is 0 Å². The van der Waals surface area contributed by atoms with Gasteiger partial charge in [0.15, 0.2) is 0 Å². The van der Waals surface area contributed by atoms with Gasteiger partial charge < -0.3 is 9.84 Å². The summed E-state index contributed by atoms with van der Waals surface area (Å²) in [7, 11) is 0. The van der Waals surface area contributed by atoms with Crippen LogP contribution in [-0.4, -0.2) is 21.3 Å². The van der Waals surface area contributed by atoms with Crippen molar-refractivity contribution < 1.29 is 14.6 Å². The van der Waals surface area contributed by atoms with Crippen molar-refractivity contribution in [1.29, 1.82) is 0 Å². The van der Waals surface area contributed by atoms with Gasteiger partial charge in [-0.1, -0.05) is 16.4 Å². The second-order valence-corrected chi connectivity index (χ2v) is 3.88. The van der Waals surface area contributed by atoms with Gasteiger partial charge in [-0.25, -0.2) is 4.79 Å². The molecule has 0 unspecified atom stereocenters. The lowest BCUT2D eigenvalue weighted by atomic mass is 10.1. The Morgan fingerprint density at radius 1 is 1.50 bits per heavy atom. The predicted molar refractivity (Wildman–Crippen MR) is 58.1 cm³/mol. The maximum atomic E-state index is 10.8. The fourth-order valence-corrected chi connectivity index (χ4v) is 1.67. The molecule has 1 aromatic heterocycles. The van der Waals surface area contributed by atoms with E-state index in [0.29, 0.717) is 16.5 Å². The van der Waals surface area contributed by atoms with E-state index in [1.54, 1.807) is 24.6 Å². The largest absolute Gasteiger partial charge is 0.478 e. The first-order chi connectivity index (χ1) is 7.66. The molecule has 1 aromatic carbocycles. The Kier molecular flexibility index (Phi) is 2.82. The van der Waals surface area contributed by atoms with Gasteiger partial charge in [0.1, 0.15) is 11.3 Å². The number of carboxylic acids is 1. The van der Waals surface area contributed by atoms with Crippen LogP contribution in [0.5, 0.6) is 10.9 Å². The van der Waals surface area contributed by atoms with Crippen LogP contribution in [0.15, 0.2) is 23.7 Å². The van der Waals surface area contributed by atoms with Gasteiger partial charge in [0.05, 0.1) is 5.56 Å². The van der Waals surface area contributed by atoms with E-state index in [9.17, 15) is 4.79 Å². The summed E-state index contributed by atoms with van der Waals surface area (Å²) in [6, 6.07) is 4.76. The van der Waals surface area contributed by atoms with E-state index >= 15 is 0 Å². The molecule has 0 saturated heterocycles. The molecule has 2 rings (SSSR count). The van der Waals surface area contributed by atoms with Crippen molar-refractivity contribution in [2.75, 3.05) is 0 Å². The lowest BCUT2D eigenvalue weighted by Gasteiger charge is -2.04. The maximum Gasteiger partial charge on any atom is 0.335 e. The van der Waals surface area contributed by atoms with Crippen molar-refractivity contribution in [2.24, 2.45) is 0 Å². The molecule has 6 heteroatoms. The molecule has 2 aromatic rings. The molecular weight excluding hydrogens is 228 g/mol. The second-order valence-electron chi connectivity index (χ2n) is 3.09. The summed E-state index contributed by atoms with van der Waals surface area (Å²) in [5.41, 5.74) is 2.48. The average Bonchev–Trinajstić information content (AvgIpc) is 2.70. The van der Waals surface area contributed by atoms with Crippen LogP contribution in [0.3, 0.4) is 0 Å². The third-order valence-corrected chi connectivity index (χ3v) is 2.54. The molecule has 0 radical (unpaired) electrons. The third kappa shape index (κ3) is 2.17. The summed E-state index contributed by atoms with van der Waals surface area (Å²) in [6.07, 6.45) is 0. The summed E-state index contributed by atoms with van der Waals surface area (Å²) >= 11 is 1.27. The zero-order chi connectivity index (χ0) is 11.5. The Morgan fingerprint density at radius 2 is 2.31 bits per heavy atom. The van der Waals surface area contributed by atoms with Crippen LogP contribution in [0.1, 0.15) is 15.9 Å². The van der Waals surface area contributed by atoms with E-state index in [2.05, 4.69) is 10.2 Å². The summed E-state index contributed by atoms with van der Waals surface area (Å²) < 4.78 is 5.39. The molecule has 0 atom stereocenters. The number of hydrogen-bond donors (Lipinski definition) is 1. The zero-order valence-electron chi connectivity index (χ0n) is 8.38. The lowest BCUT2D eigenvalue weighted by molar-refractivity contribution is 0.0696. The van der Waals surface area contributed by atoms with Crippen molar-refractivity contribution in [3.63, 3.8) is 0 Å². The van der Waals surface area contributed by atoms with E-state index in [-0.39, 0.29) is 5.56 Å². The predicted octanol–water partition coefficient (Wildman–Crippen LogP) is 2.34. The summed E-state index contributed by atoms with van der Waals surface area (Å²) in [6.45, 7) is 1.72. The number of carboxylic acid groups (broad SMARTS) is 1. The van der Waals surface area contributed by atoms with Crippen molar-refractivity contribution in [2.45, 2.75) is 6.92 Å². The molecule has 0 aliphatic heterocycles. The number of carbonyl (C=O) groups is 1. The molecular formula is C10H8N2O3S. The fraction of sp³-hybridized carbons (Fsp3) is 0.100. The molecule has 16 heavy (non-hydrogen) atoms. The maximum absolute atomic E-state index is 10.8. The highest BCUT2D eigenvalue weighted by Gasteiger charge is 2.08. The highest BCUT2D eigenvalue weighted by Crippen LogP contribution is 2.24. The third-order valence-electron chi connectivity index (χ3n) is 1.97. The molecule has 1 N–H and O–H groups in total. The number of ether oxygens (including phenoxy) is 1. The van der Waals surface area contributed by atoms with Gasteiger partial charge >= 0.3 is 5.97 Å². The topological polar surface area (TPSA) is 72.3 Å². The van der Waals surface area contributed by atoms with E-state index in [1.807, 2.05) is 0 Å². The van der Waals surface area contributed by atoms with Crippen molar-refractivity contribution in [3.05, 3.63) is 34.8 Å². The SMILES string of the molecule is Cc1cc(Oc2nncs2)ccc1C(=O)O. The van der Waals surface area contributed by atoms with E-state index in [4.69, 9.17) is 9.84 Å². The van der Waals surface area contributed by atoms with Gasteiger partial charge in [0, 0.05) is 0 Å². The van der Waals surface area contributed by atoms with Gasteiger partial charge in [0.2, 0.25) is 0 Å². The Labute approximate surface area is 95.3 Å². The Balaban J connectivity index is 2.24. The summed E-state index contributed by atoms with van der Waals surface area (Å²) in [5, 5.41) is 16.6. The molecule has 1 heterocycles. The molecule has 5 nitrogen and oxygen atoms in total. The molecule has 0 saturated carbocycles. The molecule has 0 aliphatic carbocycles. The van der Waals surface area contributed by atoms with Crippen molar-refractivity contribution in [3.8, 4) is 10.9 Å². The first kappa shape index (κ1) is 10.6. The molecule has 82 valence electrons. The highest BCUT2D eigenvalue weighted by molar-refractivity contribution is 7.11. The second kappa shape index (κ2) is 4.28. The van der Waals surface area contributed by atoms with Crippen LogP contribution in [0, 0.1) is 6.92 Å². The summed E-state index contributed by atoms with van der Waals surface area (Å²) in [5.74, 6) is -0.390. The number of hydrogen-bond acceptors (Lipinski definition) is 5. The smallest absolute Gasteiger partial charge is 0.335 e. The first-order valence-corrected chi connectivity index (χ1v) is 5.33. The fourth-order valence-electron chi connectivity index (χ4n) is 1.25.